The number of methoxy groups -OCH3 is 1. The molecule has 2 rings (SSSR count). The van der Waals surface area contributed by atoms with E-state index in [4.69, 9.17) is 4.74 Å². The van der Waals surface area contributed by atoms with Crippen LogP contribution in [0.5, 0.6) is 5.75 Å². The lowest BCUT2D eigenvalue weighted by atomic mass is 9.96. The fourth-order valence-electron chi connectivity index (χ4n) is 2.58. The average Bonchev–Trinajstić information content (AvgIpc) is 2.91. The van der Waals surface area contributed by atoms with Crippen molar-refractivity contribution in [1.29, 1.82) is 0 Å². The van der Waals surface area contributed by atoms with Gasteiger partial charge in [0.1, 0.15) is 0 Å². The van der Waals surface area contributed by atoms with Crippen LogP contribution in [-0.2, 0) is 0 Å². The summed E-state index contributed by atoms with van der Waals surface area (Å²) >= 11 is 0. The Bertz CT molecular complexity index is 417. The van der Waals surface area contributed by atoms with E-state index in [9.17, 15) is 4.39 Å². The average molecular weight is 237 g/mol. The molecule has 0 heterocycles. The van der Waals surface area contributed by atoms with Gasteiger partial charge in [0.25, 0.3) is 0 Å². The number of rotatable bonds is 4. The number of nitrogens with one attached hydrogen (secondary N) is 1. The van der Waals surface area contributed by atoms with Crippen molar-refractivity contribution < 1.29 is 9.13 Å². The van der Waals surface area contributed by atoms with Crippen molar-refractivity contribution >= 4 is 0 Å². The molecule has 1 aromatic carbocycles. The maximum absolute atomic E-state index is 14.2. The molecule has 2 unspecified atom stereocenters. The molecule has 1 fully saturated rings. The molecule has 1 aliphatic rings. The van der Waals surface area contributed by atoms with Crippen molar-refractivity contribution in [2.45, 2.75) is 26.3 Å². The summed E-state index contributed by atoms with van der Waals surface area (Å²) in [5.74, 6) is 0.576. The quantitative estimate of drug-likeness (QED) is 0.868. The summed E-state index contributed by atoms with van der Waals surface area (Å²) in [6.45, 7) is 4.44. The molecule has 0 aromatic heterocycles. The van der Waals surface area contributed by atoms with Gasteiger partial charge in [-0.15, -0.1) is 0 Å². The lowest BCUT2D eigenvalue weighted by molar-refractivity contribution is 0.372. The minimum atomic E-state index is -0.239. The van der Waals surface area contributed by atoms with Crippen molar-refractivity contribution in [3.05, 3.63) is 29.6 Å². The van der Waals surface area contributed by atoms with Crippen LogP contribution in [0.1, 0.15) is 31.9 Å². The van der Waals surface area contributed by atoms with Gasteiger partial charge in [-0.25, -0.2) is 4.39 Å². The first-order valence-corrected chi connectivity index (χ1v) is 6.01. The zero-order valence-corrected chi connectivity index (χ0v) is 10.9. The van der Waals surface area contributed by atoms with Gasteiger partial charge in [0.05, 0.1) is 7.11 Å². The molecule has 0 radical (unpaired) electrons. The summed E-state index contributed by atoms with van der Waals surface area (Å²) in [5, 5.41) is 3.23. The lowest BCUT2D eigenvalue weighted by Crippen LogP contribution is -2.21. The molecule has 0 amide bonds. The Hall–Kier alpha value is -1.09. The second kappa shape index (κ2) is 4.30. The fraction of sp³-hybridized carbons (Fsp3) is 0.571. The van der Waals surface area contributed by atoms with E-state index in [2.05, 4.69) is 19.2 Å². The van der Waals surface area contributed by atoms with Gasteiger partial charge < -0.3 is 10.1 Å². The number of ether oxygens (including phenoxy) is 1. The highest BCUT2D eigenvalue weighted by molar-refractivity contribution is 5.34. The standard InChI is InChI=1S/C14H20FNO/c1-14(2)8-10(14)13(16-3)9-6-5-7-11(17-4)12(9)15/h5-7,10,13,16H,8H2,1-4H3. The molecule has 1 aliphatic carbocycles. The highest BCUT2D eigenvalue weighted by Crippen LogP contribution is 2.58. The number of hydrogen-bond acceptors (Lipinski definition) is 2. The Kier molecular flexibility index (Phi) is 3.13. The smallest absolute Gasteiger partial charge is 0.169 e. The first-order valence-electron chi connectivity index (χ1n) is 6.01. The van der Waals surface area contributed by atoms with Gasteiger partial charge in [-0.05, 0) is 30.9 Å². The molecule has 1 saturated carbocycles. The Morgan fingerprint density at radius 2 is 2.12 bits per heavy atom. The van der Waals surface area contributed by atoms with Gasteiger partial charge in [0.15, 0.2) is 11.6 Å². The van der Waals surface area contributed by atoms with Gasteiger partial charge in [0, 0.05) is 11.6 Å². The molecule has 2 atom stereocenters. The summed E-state index contributed by atoms with van der Waals surface area (Å²) in [7, 11) is 3.38. The van der Waals surface area contributed by atoms with Crippen LogP contribution in [0.2, 0.25) is 0 Å². The van der Waals surface area contributed by atoms with E-state index in [1.165, 1.54) is 7.11 Å². The van der Waals surface area contributed by atoms with Gasteiger partial charge >= 0.3 is 0 Å². The normalized spacial score (nSPS) is 23.2. The lowest BCUT2D eigenvalue weighted by Gasteiger charge is -2.20. The molecular formula is C14H20FNO. The maximum atomic E-state index is 14.2. The Morgan fingerprint density at radius 3 is 2.59 bits per heavy atom. The zero-order chi connectivity index (χ0) is 12.6. The minimum Gasteiger partial charge on any atom is -0.494 e. The molecule has 94 valence electrons. The molecule has 2 nitrogen and oxygen atoms in total. The van der Waals surface area contributed by atoms with Crippen molar-refractivity contribution in [2.24, 2.45) is 11.3 Å². The van der Waals surface area contributed by atoms with Crippen LogP contribution >= 0.6 is 0 Å². The Balaban J connectivity index is 2.32. The predicted molar refractivity (Wildman–Crippen MR) is 66.6 cm³/mol. The molecular weight excluding hydrogens is 217 g/mol. The first kappa shape index (κ1) is 12.4. The minimum absolute atomic E-state index is 0.0695. The third-order valence-electron chi connectivity index (χ3n) is 3.85. The van der Waals surface area contributed by atoms with E-state index in [1.807, 2.05) is 19.2 Å². The van der Waals surface area contributed by atoms with E-state index in [0.29, 0.717) is 22.6 Å². The van der Waals surface area contributed by atoms with Crippen molar-refractivity contribution in [1.82, 2.24) is 5.32 Å². The second-order valence-electron chi connectivity index (χ2n) is 5.43. The monoisotopic (exact) mass is 237 g/mol. The maximum Gasteiger partial charge on any atom is 0.169 e. The van der Waals surface area contributed by atoms with E-state index in [0.717, 1.165) is 6.42 Å². The van der Waals surface area contributed by atoms with E-state index in [1.54, 1.807) is 6.07 Å². The van der Waals surface area contributed by atoms with Crippen LogP contribution < -0.4 is 10.1 Å². The van der Waals surface area contributed by atoms with E-state index < -0.39 is 0 Å². The van der Waals surface area contributed by atoms with E-state index >= 15 is 0 Å². The third-order valence-corrected chi connectivity index (χ3v) is 3.85. The van der Waals surface area contributed by atoms with E-state index in [-0.39, 0.29) is 11.9 Å². The summed E-state index contributed by atoms with van der Waals surface area (Å²) in [6, 6.07) is 5.41. The van der Waals surface area contributed by atoms with Crippen molar-refractivity contribution in [2.75, 3.05) is 14.2 Å². The van der Waals surface area contributed by atoms with Crippen LogP contribution in [0, 0.1) is 17.2 Å². The molecule has 0 spiro atoms. The van der Waals surface area contributed by atoms with Gasteiger partial charge in [0.2, 0.25) is 0 Å². The molecule has 17 heavy (non-hydrogen) atoms. The summed E-state index contributed by atoms with van der Waals surface area (Å²) in [5.41, 5.74) is 1.02. The summed E-state index contributed by atoms with van der Waals surface area (Å²) < 4.78 is 19.2. The first-order chi connectivity index (χ1) is 8.01. The highest BCUT2D eigenvalue weighted by atomic mass is 19.1. The Morgan fingerprint density at radius 1 is 1.47 bits per heavy atom. The van der Waals surface area contributed by atoms with Gasteiger partial charge in [-0.1, -0.05) is 26.0 Å². The van der Waals surface area contributed by atoms with Crippen LogP contribution in [0.4, 0.5) is 4.39 Å². The molecule has 1 aromatic rings. The number of benzene rings is 1. The number of halogens is 1. The molecule has 0 aliphatic heterocycles. The van der Waals surface area contributed by atoms with Gasteiger partial charge in [-0.2, -0.15) is 0 Å². The summed E-state index contributed by atoms with van der Waals surface area (Å²) in [4.78, 5) is 0. The summed E-state index contributed by atoms with van der Waals surface area (Å²) in [6.07, 6.45) is 1.13. The zero-order valence-electron chi connectivity index (χ0n) is 10.9. The van der Waals surface area contributed by atoms with Crippen LogP contribution in [0.3, 0.4) is 0 Å². The molecule has 1 N–H and O–H groups in total. The number of hydrogen-bond donors (Lipinski definition) is 1. The van der Waals surface area contributed by atoms with Crippen LogP contribution in [-0.4, -0.2) is 14.2 Å². The molecule has 0 bridgehead atoms. The second-order valence-corrected chi connectivity index (χ2v) is 5.43. The van der Waals surface area contributed by atoms with Gasteiger partial charge in [-0.3, -0.25) is 0 Å². The topological polar surface area (TPSA) is 21.3 Å². The fourth-order valence-corrected chi connectivity index (χ4v) is 2.58. The predicted octanol–water partition coefficient (Wildman–Crippen LogP) is 3.14. The third kappa shape index (κ3) is 2.16. The molecule has 0 saturated heterocycles. The molecule has 3 heteroatoms. The van der Waals surface area contributed by atoms with Crippen molar-refractivity contribution in [3.63, 3.8) is 0 Å². The van der Waals surface area contributed by atoms with Crippen LogP contribution in [0.15, 0.2) is 18.2 Å². The van der Waals surface area contributed by atoms with Crippen LogP contribution in [0.25, 0.3) is 0 Å². The SMILES string of the molecule is CNC(c1cccc(OC)c1F)C1CC1(C)C. The Labute approximate surface area is 102 Å². The highest BCUT2D eigenvalue weighted by Gasteiger charge is 2.50. The van der Waals surface area contributed by atoms with Crippen molar-refractivity contribution in [3.8, 4) is 5.75 Å². The largest absolute Gasteiger partial charge is 0.494 e.